The maximum atomic E-state index is 11.8. The summed E-state index contributed by atoms with van der Waals surface area (Å²) in [7, 11) is -4.02. The van der Waals surface area contributed by atoms with E-state index in [1.807, 2.05) is 0 Å². The quantitative estimate of drug-likeness (QED) is 0.640. The summed E-state index contributed by atoms with van der Waals surface area (Å²) in [5, 5.41) is 13.3. The SMILES string of the molecule is CC(C)(NC(=O)CS(=O)(=O)CC(=O)Nc1ccccc1)C(=O)O. The van der Waals surface area contributed by atoms with Crippen molar-refractivity contribution in [1.82, 2.24) is 5.32 Å². The van der Waals surface area contributed by atoms with E-state index in [2.05, 4.69) is 10.6 Å². The molecule has 0 saturated heterocycles. The molecule has 0 atom stereocenters. The van der Waals surface area contributed by atoms with Crippen LogP contribution in [0.25, 0.3) is 0 Å². The van der Waals surface area contributed by atoms with Crippen molar-refractivity contribution < 1.29 is 27.9 Å². The van der Waals surface area contributed by atoms with Crippen LogP contribution in [0.1, 0.15) is 13.8 Å². The van der Waals surface area contributed by atoms with Crippen LogP contribution < -0.4 is 10.6 Å². The minimum Gasteiger partial charge on any atom is -0.480 e. The smallest absolute Gasteiger partial charge is 0.328 e. The molecule has 1 rings (SSSR count). The highest BCUT2D eigenvalue weighted by atomic mass is 32.2. The molecule has 9 heteroatoms. The van der Waals surface area contributed by atoms with Gasteiger partial charge in [-0.05, 0) is 26.0 Å². The monoisotopic (exact) mass is 342 g/mol. The lowest BCUT2D eigenvalue weighted by Gasteiger charge is -2.20. The zero-order valence-corrected chi connectivity index (χ0v) is 13.5. The molecule has 0 aliphatic heterocycles. The van der Waals surface area contributed by atoms with E-state index in [-0.39, 0.29) is 0 Å². The normalized spacial score (nSPS) is 11.6. The van der Waals surface area contributed by atoms with Crippen LogP contribution in [-0.4, -0.2) is 48.4 Å². The lowest BCUT2D eigenvalue weighted by molar-refractivity contribution is -0.145. The Morgan fingerprint density at radius 1 is 1.04 bits per heavy atom. The predicted octanol–water partition coefficient (Wildman–Crippen LogP) is 0.0193. The summed E-state index contributed by atoms with van der Waals surface area (Å²) in [4.78, 5) is 34.2. The van der Waals surface area contributed by atoms with Crippen molar-refractivity contribution in [3.05, 3.63) is 30.3 Å². The Bertz CT molecular complexity index is 697. The number of nitrogens with one attached hydrogen (secondary N) is 2. The lowest BCUT2D eigenvalue weighted by Crippen LogP contribution is -2.51. The van der Waals surface area contributed by atoms with E-state index in [4.69, 9.17) is 5.11 Å². The molecule has 8 nitrogen and oxygen atoms in total. The average Bonchev–Trinajstić information content (AvgIpc) is 2.36. The summed E-state index contributed by atoms with van der Waals surface area (Å²) in [5.41, 5.74) is -1.16. The Kier molecular flexibility index (Phi) is 5.85. The van der Waals surface area contributed by atoms with Crippen molar-refractivity contribution in [2.24, 2.45) is 0 Å². The first-order valence-electron chi connectivity index (χ1n) is 6.61. The third kappa shape index (κ3) is 6.47. The third-order valence-electron chi connectivity index (χ3n) is 2.75. The Labute approximate surface area is 133 Å². The van der Waals surface area contributed by atoms with Gasteiger partial charge in [-0.2, -0.15) is 0 Å². The number of carboxylic acid groups (broad SMARTS) is 1. The Morgan fingerprint density at radius 3 is 2.09 bits per heavy atom. The lowest BCUT2D eigenvalue weighted by atomic mass is 10.1. The largest absolute Gasteiger partial charge is 0.480 e. The van der Waals surface area contributed by atoms with Gasteiger partial charge in [0.1, 0.15) is 17.0 Å². The molecule has 0 aromatic heterocycles. The summed E-state index contributed by atoms with van der Waals surface area (Å²) in [6, 6.07) is 8.26. The number of amides is 2. The number of hydrogen-bond acceptors (Lipinski definition) is 5. The van der Waals surface area contributed by atoms with Gasteiger partial charge in [-0.1, -0.05) is 18.2 Å². The highest BCUT2D eigenvalue weighted by Gasteiger charge is 2.31. The molecule has 0 saturated carbocycles. The van der Waals surface area contributed by atoms with Gasteiger partial charge in [0.05, 0.1) is 0 Å². The first-order chi connectivity index (χ1) is 10.5. The Balaban J connectivity index is 2.60. The molecule has 0 bridgehead atoms. The molecule has 1 aromatic rings. The van der Waals surface area contributed by atoms with Crippen LogP contribution >= 0.6 is 0 Å². The molecule has 0 aliphatic carbocycles. The molecule has 0 unspecified atom stereocenters. The maximum Gasteiger partial charge on any atom is 0.328 e. The fourth-order valence-electron chi connectivity index (χ4n) is 1.61. The number of carboxylic acids is 1. The molecule has 0 radical (unpaired) electrons. The Hall–Kier alpha value is -2.42. The van der Waals surface area contributed by atoms with E-state index >= 15 is 0 Å². The molecule has 0 aliphatic rings. The van der Waals surface area contributed by atoms with Gasteiger partial charge in [0.2, 0.25) is 11.8 Å². The third-order valence-corrected chi connectivity index (χ3v) is 4.15. The first-order valence-corrected chi connectivity index (χ1v) is 8.44. The summed E-state index contributed by atoms with van der Waals surface area (Å²) in [5.74, 6) is -4.90. The summed E-state index contributed by atoms with van der Waals surface area (Å²) < 4.78 is 23.7. The predicted molar refractivity (Wildman–Crippen MR) is 83.6 cm³/mol. The molecule has 1 aromatic carbocycles. The van der Waals surface area contributed by atoms with Gasteiger partial charge >= 0.3 is 5.97 Å². The molecule has 0 heterocycles. The molecule has 3 N–H and O–H groups in total. The number of aliphatic carboxylic acids is 1. The van der Waals surface area contributed by atoms with Gasteiger partial charge < -0.3 is 15.7 Å². The number of para-hydroxylation sites is 1. The number of carbonyl (C=O) groups excluding carboxylic acids is 2. The van der Waals surface area contributed by atoms with Gasteiger partial charge in [-0.15, -0.1) is 0 Å². The average molecular weight is 342 g/mol. The second-order valence-corrected chi connectivity index (χ2v) is 7.49. The fourth-order valence-corrected chi connectivity index (χ4v) is 2.65. The molecule has 23 heavy (non-hydrogen) atoms. The van der Waals surface area contributed by atoms with E-state index in [9.17, 15) is 22.8 Å². The van der Waals surface area contributed by atoms with E-state index < -0.39 is 44.7 Å². The fraction of sp³-hybridized carbons (Fsp3) is 0.357. The van der Waals surface area contributed by atoms with Crippen LogP contribution in [0, 0.1) is 0 Å². The summed E-state index contributed by atoms with van der Waals surface area (Å²) in [6.45, 7) is 2.45. The number of benzene rings is 1. The minimum absolute atomic E-state index is 0.434. The number of rotatable bonds is 7. The van der Waals surface area contributed by atoms with Gasteiger partial charge in [-0.3, -0.25) is 9.59 Å². The van der Waals surface area contributed by atoms with Gasteiger partial charge in [0, 0.05) is 5.69 Å². The van der Waals surface area contributed by atoms with Crippen LogP contribution in [0.3, 0.4) is 0 Å². The molecule has 0 fully saturated rings. The van der Waals surface area contributed by atoms with Crippen molar-refractivity contribution in [2.45, 2.75) is 19.4 Å². The number of hydrogen-bond donors (Lipinski definition) is 3. The number of carbonyl (C=O) groups is 3. The van der Waals surface area contributed by atoms with E-state index in [0.717, 1.165) is 0 Å². The van der Waals surface area contributed by atoms with E-state index in [1.54, 1.807) is 30.3 Å². The van der Waals surface area contributed by atoms with Gasteiger partial charge in [0.15, 0.2) is 9.84 Å². The van der Waals surface area contributed by atoms with Crippen molar-refractivity contribution >= 4 is 33.3 Å². The van der Waals surface area contributed by atoms with Crippen molar-refractivity contribution in [3.63, 3.8) is 0 Å². The Morgan fingerprint density at radius 2 is 1.57 bits per heavy atom. The second-order valence-electron chi connectivity index (χ2n) is 5.42. The van der Waals surface area contributed by atoms with Gasteiger partial charge in [0.25, 0.3) is 0 Å². The molecular weight excluding hydrogens is 324 g/mol. The molecule has 126 valence electrons. The highest BCUT2D eigenvalue weighted by molar-refractivity contribution is 7.92. The molecule has 2 amide bonds. The molecule has 0 spiro atoms. The van der Waals surface area contributed by atoms with Gasteiger partial charge in [-0.25, -0.2) is 13.2 Å². The van der Waals surface area contributed by atoms with E-state index in [1.165, 1.54) is 13.8 Å². The summed E-state index contributed by atoms with van der Waals surface area (Å²) in [6.07, 6.45) is 0. The van der Waals surface area contributed by atoms with Crippen LogP contribution in [0.2, 0.25) is 0 Å². The topological polar surface area (TPSA) is 130 Å². The van der Waals surface area contributed by atoms with Crippen molar-refractivity contribution in [2.75, 3.05) is 16.8 Å². The van der Waals surface area contributed by atoms with E-state index in [0.29, 0.717) is 5.69 Å². The zero-order valence-electron chi connectivity index (χ0n) is 12.7. The number of anilines is 1. The maximum absolute atomic E-state index is 11.8. The van der Waals surface area contributed by atoms with Crippen molar-refractivity contribution in [1.29, 1.82) is 0 Å². The highest BCUT2D eigenvalue weighted by Crippen LogP contribution is 2.06. The second kappa shape index (κ2) is 7.23. The zero-order chi connectivity index (χ0) is 17.7. The standard InChI is InChI=1S/C14H18N2O6S/c1-14(2,13(19)20)16-12(18)9-23(21,22)8-11(17)15-10-6-4-3-5-7-10/h3-7H,8-9H2,1-2H3,(H,15,17)(H,16,18)(H,19,20). The minimum atomic E-state index is -4.02. The van der Waals surface area contributed by atoms with Crippen LogP contribution in [0.4, 0.5) is 5.69 Å². The number of sulfone groups is 1. The summed E-state index contributed by atoms with van der Waals surface area (Å²) >= 11 is 0. The van der Waals surface area contributed by atoms with Crippen LogP contribution in [-0.2, 0) is 24.2 Å². The van der Waals surface area contributed by atoms with Crippen LogP contribution in [0.5, 0.6) is 0 Å². The van der Waals surface area contributed by atoms with Crippen LogP contribution in [0.15, 0.2) is 30.3 Å². The molecular formula is C14H18N2O6S. The van der Waals surface area contributed by atoms with Crippen molar-refractivity contribution in [3.8, 4) is 0 Å². The first kappa shape index (κ1) is 18.6.